The van der Waals surface area contributed by atoms with E-state index >= 15 is 0 Å². The summed E-state index contributed by atoms with van der Waals surface area (Å²) in [6.45, 7) is 3.81. The maximum Gasteiger partial charge on any atom is 0.416 e. The monoisotopic (exact) mass is 529 g/mol. The summed E-state index contributed by atoms with van der Waals surface area (Å²) in [5.41, 5.74) is 0.142. The zero-order valence-electron chi connectivity index (χ0n) is 20.3. The molecule has 2 aliphatic heterocycles. The highest BCUT2D eigenvalue weighted by Gasteiger charge is 2.43. The van der Waals surface area contributed by atoms with Crippen LogP contribution in [0.2, 0.25) is 0 Å². The molecule has 3 aromatic rings. The third-order valence-electron chi connectivity index (χ3n) is 7.46. The van der Waals surface area contributed by atoms with Gasteiger partial charge in [-0.05, 0) is 60.4 Å². The molecule has 194 valence electrons. The van der Waals surface area contributed by atoms with Gasteiger partial charge in [-0.3, -0.25) is 14.4 Å². The van der Waals surface area contributed by atoms with E-state index in [2.05, 4.69) is 4.98 Å². The number of alkyl halides is 3. The van der Waals surface area contributed by atoms with Gasteiger partial charge in [0.1, 0.15) is 5.69 Å². The van der Waals surface area contributed by atoms with Crippen molar-refractivity contribution in [3.8, 4) is 0 Å². The van der Waals surface area contributed by atoms with Crippen LogP contribution in [0.5, 0.6) is 0 Å². The summed E-state index contributed by atoms with van der Waals surface area (Å²) in [6, 6.07) is 10.3. The lowest BCUT2D eigenvalue weighted by molar-refractivity contribution is -0.137. The average Bonchev–Trinajstić information content (AvgIpc) is 3.48. The van der Waals surface area contributed by atoms with Gasteiger partial charge in [0, 0.05) is 37.8 Å². The summed E-state index contributed by atoms with van der Waals surface area (Å²) < 4.78 is 39.6. The Balaban J connectivity index is 1.19. The second-order valence-electron chi connectivity index (χ2n) is 9.97. The molecule has 0 bridgehead atoms. The zero-order chi connectivity index (χ0) is 26.4. The lowest BCUT2D eigenvalue weighted by Gasteiger charge is -2.39. The van der Waals surface area contributed by atoms with Crippen LogP contribution in [-0.2, 0) is 17.4 Å². The molecule has 2 aromatic heterocycles. The number of Topliss-reactive ketones (excluding diaryl/α,β-unsaturated/α-hetero) is 1. The fraction of sp³-hybridized carbons (Fsp3) is 0.407. The van der Waals surface area contributed by atoms with Crippen molar-refractivity contribution in [1.29, 1.82) is 0 Å². The van der Waals surface area contributed by atoms with Gasteiger partial charge in [0.05, 0.1) is 22.6 Å². The number of thiophene rings is 1. The number of benzene rings is 1. The molecule has 2 aliphatic rings. The van der Waals surface area contributed by atoms with Crippen LogP contribution in [0, 0.1) is 5.41 Å². The van der Waals surface area contributed by atoms with Crippen LogP contribution in [0.25, 0.3) is 10.1 Å². The van der Waals surface area contributed by atoms with Crippen LogP contribution < -0.4 is 0 Å². The van der Waals surface area contributed by atoms with E-state index in [4.69, 9.17) is 0 Å². The highest BCUT2D eigenvalue weighted by molar-refractivity contribution is 7.20. The molecule has 0 N–H and O–H groups in total. The molecule has 1 aromatic carbocycles. The molecular weight excluding hydrogens is 503 g/mol. The van der Waals surface area contributed by atoms with E-state index in [1.807, 2.05) is 4.90 Å². The quantitative estimate of drug-likeness (QED) is 0.435. The summed E-state index contributed by atoms with van der Waals surface area (Å²) in [5, 5.41) is 0.630. The number of carbonyl (C=O) groups is 3. The van der Waals surface area contributed by atoms with Gasteiger partial charge in [0.25, 0.3) is 5.91 Å². The lowest BCUT2D eigenvalue weighted by atomic mass is 9.77. The molecule has 0 saturated carbocycles. The Morgan fingerprint density at radius 1 is 1.00 bits per heavy atom. The molecule has 6 nitrogen and oxygen atoms in total. The van der Waals surface area contributed by atoms with Gasteiger partial charge in [-0.1, -0.05) is 12.1 Å². The van der Waals surface area contributed by atoms with Crippen molar-refractivity contribution >= 4 is 39.0 Å². The van der Waals surface area contributed by atoms with Crippen LogP contribution in [-0.4, -0.2) is 58.6 Å². The van der Waals surface area contributed by atoms with Crippen LogP contribution in [0.4, 0.5) is 13.2 Å². The minimum atomic E-state index is -4.42. The van der Waals surface area contributed by atoms with Crippen molar-refractivity contribution in [1.82, 2.24) is 14.8 Å². The molecule has 2 fully saturated rings. The minimum absolute atomic E-state index is 0.0301. The van der Waals surface area contributed by atoms with Crippen LogP contribution in [0.1, 0.15) is 57.6 Å². The van der Waals surface area contributed by atoms with Crippen molar-refractivity contribution in [3.63, 3.8) is 0 Å². The average molecular weight is 530 g/mol. The summed E-state index contributed by atoms with van der Waals surface area (Å²) in [4.78, 5) is 45.9. The number of ketones is 1. The van der Waals surface area contributed by atoms with Crippen molar-refractivity contribution < 1.29 is 27.6 Å². The van der Waals surface area contributed by atoms with Gasteiger partial charge in [-0.2, -0.15) is 13.2 Å². The predicted octanol–water partition coefficient (Wildman–Crippen LogP) is 5.22. The minimum Gasteiger partial charge on any atom is -0.342 e. The number of likely N-dealkylation sites (tertiary alicyclic amines) is 2. The van der Waals surface area contributed by atoms with Crippen molar-refractivity contribution in [2.75, 3.05) is 26.2 Å². The molecule has 0 radical (unpaired) electrons. The maximum atomic E-state index is 13.2. The number of hydrogen-bond donors (Lipinski definition) is 0. The second-order valence-corrected chi connectivity index (χ2v) is 11.0. The third kappa shape index (κ3) is 5.25. The number of piperidine rings is 1. The van der Waals surface area contributed by atoms with E-state index in [0.717, 1.165) is 42.7 Å². The Hall–Kier alpha value is -3.27. The lowest BCUT2D eigenvalue weighted by Crippen LogP contribution is -2.45. The molecule has 0 unspecified atom stereocenters. The largest absolute Gasteiger partial charge is 0.416 e. The fourth-order valence-electron chi connectivity index (χ4n) is 5.26. The second kappa shape index (κ2) is 9.55. The highest BCUT2D eigenvalue weighted by atomic mass is 32.1. The Morgan fingerprint density at radius 3 is 2.38 bits per heavy atom. The number of amides is 2. The highest BCUT2D eigenvalue weighted by Crippen LogP contribution is 2.42. The van der Waals surface area contributed by atoms with E-state index in [1.54, 1.807) is 29.2 Å². The zero-order valence-corrected chi connectivity index (χ0v) is 21.1. The predicted molar refractivity (Wildman–Crippen MR) is 134 cm³/mol. The van der Waals surface area contributed by atoms with Gasteiger partial charge in [0.15, 0.2) is 5.78 Å². The number of hydrogen-bond acceptors (Lipinski definition) is 5. The van der Waals surface area contributed by atoms with Gasteiger partial charge in [0.2, 0.25) is 5.91 Å². The summed E-state index contributed by atoms with van der Waals surface area (Å²) in [7, 11) is 0. The van der Waals surface area contributed by atoms with Gasteiger partial charge in [-0.25, -0.2) is 4.98 Å². The molecule has 10 heteroatoms. The summed E-state index contributed by atoms with van der Waals surface area (Å²) in [6.07, 6.45) is -1.88. The first-order valence-corrected chi connectivity index (χ1v) is 13.0. The summed E-state index contributed by atoms with van der Waals surface area (Å²) in [5.74, 6) is -0.324. The number of halogens is 3. The number of fused-ring (bicyclic) bond motifs is 1. The third-order valence-corrected chi connectivity index (χ3v) is 8.55. The van der Waals surface area contributed by atoms with Gasteiger partial charge < -0.3 is 9.80 Å². The standard InChI is InChI=1S/C27H26F3N3O3S/c1-17(34)21-4-2-3-20(31-21)15-24(35)32-10-7-26(8-11-32)9-12-33(16-26)25(36)23-13-18-5-6-19(27(28,29)30)14-22(18)37-23/h2-6,13-14H,7-12,15-16H2,1H3. The van der Waals surface area contributed by atoms with Crippen LogP contribution in [0.3, 0.4) is 0 Å². The smallest absolute Gasteiger partial charge is 0.342 e. The van der Waals surface area contributed by atoms with Gasteiger partial charge >= 0.3 is 6.18 Å². The van der Waals surface area contributed by atoms with Crippen molar-refractivity contribution in [2.24, 2.45) is 5.41 Å². The van der Waals surface area contributed by atoms with E-state index < -0.39 is 11.7 Å². The number of pyridine rings is 1. The molecular formula is C27H26F3N3O3S. The molecule has 1 spiro atoms. The number of aromatic nitrogens is 1. The topological polar surface area (TPSA) is 70.6 Å². The van der Waals surface area contributed by atoms with Crippen LogP contribution >= 0.6 is 11.3 Å². The maximum absolute atomic E-state index is 13.2. The molecule has 5 rings (SSSR count). The van der Waals surface area contributed by atoms with E-state index in [0.29, 0.717) is 52.5 Å². The Kier molecular flexibility index (Phi) is 6.55. The Morgan fingerprint density at radius 2 is 1.70 bits per heavy atom. The first kappa shape index (κ1) is 25.4. The first-order chi connectivity index (χ1) is 17.5. The molecule has 0 atom stereocenters. The molecule has 2 amide bonds. The molecule has 37 heavy (non-hydrogen) atoms. The fourth-order valence-corrected chi connectivity index (χ4v) is 6.33. The Bertz CT molecular complexity index is 1380. The van der Waals surface area contributed by atoms with Crippen LogP contribution in [0.15, 0.2) is 42.5 Å². The number of carbonyl (C=O) groups excluding carboxylic acids is 3. The SMILES string of the molecule is CC(=O)c1cccc(CC(=O)N2CCC3(CC2)CCN(C(=O)c2cc4ccc(C(F)(F)F)cc4s2)C3)n1. The number of rotatable bonds is 4. The van der Waals surface area contributed by atoms with E-state index in [-0.39, 0.29) is 29.4 Å². The Labute approximate surface area is 216 Å². The van der Waals surface area contributed by atoms with Gasteiger partial charge in [-0.15, -0.1) is 11.3 Å². The van der Waals surface area contributed by atoms with E-state index in [9.17, 15) is 27.6 Å². The first-order valence-electron chi connectivity index (χ1n) is 12.2. The van der Waals surface area contributed by atoms with Crippen molar-refractivity contribution in [3.05, 3.63) is 64.3 Å². The molecule has 0 aliphatic carbocycles. The van der Waals surface area contributed by atoms with Crippen molar-refractivity contribution in [2.45, 2.75) is 38.8 Å². The molecule has 2 saturated heterocycles. The number of nitrogens with zero attached hydrogens (tertiary/aromatic N) is 3. The van der Waals surface area contributed by atoms with E-state index in [1.165, 1.54) is 13.0 Å². The summed E-state index contributed by atoms with van der Waals surface area (Å²) >= 11 is 1.09. The normalized spacial score (nSPS) is 17.5. The molecule has 4 heterocycles.